The van der Waals surface area contributed by atoms with Gasteiger partial charge in [-0.2, -0.15) is 11.8 Å². The monoisotopic (exact) mass is 291 g/mol. The van der Waals surface area contributed by atoms with Gasteiger partial charge in [-0.15, -0.1) is 0 Å². The van der Waals surface area contributed by atoms with Crippen LogP contribution >= 0.6 is 11.8 Å². The number of carbonyl (C=O) groups excluding carboxylic acids is 2. The molecule has 0 rings (SSSR count). The van der Waals surface area contributed by atoms with E-state index < -0.39 is 18.0 Å². The van der Waals surface area contributed by atoms with E-state index in [9.17, 15) is 14.4 Å². The van der Waals surface area contributed by atoms with Crippen molar-refractivity contribution in [1.29, 1.82) is 0 Å². The van der Waals surface area contributed by atoms with Crippen LogP contribution in [0.3, 0.4) is 0 Å². The highest BCUT2D eigenvalue weighted by molar-refractivity contribution is 7.98. The summed E-state index contributed by atoms with van der Waals surface area (Å²) in [5.41, 5.74) is 0. The molecule has 0 radical (unpaired) electrons. The van der Waals surface area contributed by atoms with Gasteiger partial charge in [0.2, 0.25) is 5.91 Å². The second kappa shape index (κ2) is 9.48. The Hall–Kier alpha value is -1.44. The number of amides is 3. The Balaban J connectivity index is 4.06. The highest BCUT2D eigenvalue weighted by atomic mass is 32.2. The summed E-state index contributed by atoms with van der Waals surface area (Å²) in [5, 5.41) is 16.2. The van der Waals surface area contributed by atoms with Gasteiger partial charge in [-0.25, -0.2) is 9.59 Å². The third kappa shape index (κ3) is 9.18. The summed E-state index contributed by atoms with van der Waals surface area (Å²) >= 11 is 1.50. The topological polar surface area (TPSA) is 108 Å². The van der Waals surface area contributed by atoms with E-state index >= 15 is 0 Å². The number of hydrogen-bond donors (Lipinski definition) is 4. The number of hydrogen-bond acceptors (Lipinski definition) is 4. The molecule has 3 amide bonds. The Morgan fingerprint density at radius 2 is 1.84 bits per heavy atom. The van der Waals surface area contributed by atoms with E-state index in [0.29, 0.717) is 12.2 Å². The number of urea groups is 1. The van der Waals surface area contributed by atoms with Crippen molar-refractivity contribution in [2.45, 2.75) is 32.4 Å². The van der Waals surface area contributed by atoms with E-state index in [1.165, 1.54) is 11.8 Å². The summed E-state index contributed by atoms with van der Waals surface area (Å²) in [4.78, 5) is 33.6. The molecule has 0 saturated carbocycles. The average molecular weight is 291 g/mol. The number of aliphatic carboxylic acids is 1. The average Bonchev–Trinajstić information content (AvgIpc) is 2.30. The van der Waals surface area contributed by atoms with Crippen molar-refractivity contribution in [3.05, 3.63) is 0 Å². The van der Waals surface area contributed by atoms with Crippen molar-refractivity contribution in [1.82, 2.24) is 16.0 Å². The maximum Gasteiger partial charge on any atom is 0.326 e. The van der Waals surface area contributed by atoms with Gasteiger partial charge in [-0.05, 0) is 32.3 Å². The number of carboxylic acids is 1. The molecule has 110 valence electrons. The molecule has 7 nitrogen and oxygen atoms in total. The zero-order valence-corrected chi connectivity index (χ0v) is 12.2. The lowest BCUT2D eigenvalue weighted by Crippen LogP contribution is -2.49. The molecule has 0 heterocycles. The summed E-state index contributed by atoms with van der Waals surface area (Å²) < 4.78 is 0. The molecule has 8 heteroatoms. The Morgan fingerprint density at radius 1 is 1.21 bits per heavy atom. The van der Waals surface area contributed by atoms with Crippen LogP contribution in [0.2, 0.25) is 0 Å². The Kier molecular flexibility index (Phi) is 8.77. The first-order valence-corrected chi connectivity index (χ1v) is 7.31. The molecule has 1 atom stereocenters. The predicted molar refractivity (Wildman–Crippen MR) is 74.2 cm³/mol. The molecule has 4 N–H and O–H groups in total. The first-order chi connectivity index (χ1) is 8.86. The van der Waals surface area contributed by atoms with Gasteiger partial charge in [0.1, 0.15) is 6.04 Å². The zero-order chi connectivity index (χ0) is 14.8. The number of carboxylic acid groups (broad SMARTS) is 1. The van der Waals surface area contributed by atoms with Gasteiger partial charge in [-0.3, -0.25) is 4.79 Å². The first kappa shape index (κ1) is 17.6. The molecule has 0 aromatic heterocycles. The summed E-state index contributed by atoms with van der Waals surface area (Å²) in [7, 11) is 0. The molecule has 0 fully saturated rings. The van der Waals surface area contributed by atoms with Crippen LogP contribution < -0.4 is 16.0 Å². The van der Waals surface area contributed by atoms with Crippen molar-refractivity contribution in [2.24, 2.45) is 0 Å². The van der Waals surface area contributed by atoms with E-state index in [1.54, 1.807) is 13.8 Å². The maximum atomic E-state index is 11.4. The van der Waals surface area contributed by atoms with Crippen LogP contribution in [0.15, 0.2) is 0 Å². The molecule has 0 bridgehead atoms. The molecule has 0 spiro atoms. The Bertz CT molecular complexity index is 323. The lowest BCUT2D eigenvalue weighted by molar-refractivity contribution is -0.139. The van der Waals surface area contributed by atoms with Gasteiger partial charge in [0, 0.05) is 6.04 Å². The van der Waals surface area contributed by atoms with Crippen LogP contribution in [0.5, 0.6) is 0 Å². The molecule has 0 aliphatic carbocycles. The van der Waals surface area contributed by atoms with Crippen LogP contribution in [0, 0.1) is 0 Å². The van der Waals surface area contributed by atoms with Crippen LogP contribution in [-0.2, 0) is 9.59 Å². The largest absolute Gasteiger partial charge is 0.480 e. The standard InChI is InChI=1S/C11H21N3O4S/c1-7(2)13-9(15)6-12-11(18)14-8(10(16)17)4-5-19-3/h7-8H,4-6H2,1-3H3,(H,13,15)(H,16,17)(H2,12,14,18)/t8-/m0/s1. The molecular weight excluding hydrogens is 270 g/mol. The Morgan fingerprint density at radius 3 is 2.32 bits per heavy atom. The second-order valence-corrected chi connectivity index (χ2v) is 5.21. The minimum Gasteiger partial charge on any atom is -0.480 e. The molecule has 0 aliphatic rings. The van der Waals surface area contributed by atoms with Crippen molar-refractivity contribution < 1.29 is 19.5 Å². The Labute approximate surface area is 116 Å². The smallest absolute Gasteiger partial charge is 0.326 e. The molecule has 0 aliphatic heterocycles. The number of nitrogens with one attached hydrogen (secondary N) is 3. The van der Waals surface area contributed by atoms with Gasteiger partial charge in [0.05, 0.1) is 6.54 Å². The molecule has 19 heavy (non-hydrogen) atoms. The van der Waals surface area contributed by atoms with Crippen LogP contribution in [0.25, 0.3) is 0 Å². The van der Waals surface area contributed by atoms with Gasteiger partial charge in [0.15, 0.2) is 0 Å². The van der Waals surface area contributed by atoms with E-state index in [4.69, 9.17) is 5.11 Å². The van der Waals surface area contributed by atoms with E-state index in [1.807, 2.05) is 6.26 Å². The summed E-state index contributed by atoms with van der Waals surface area (Å²) in [5.74, 6) is -0.776. The predicted octanol–water partition coefficient (Wildman–Crippen LogP) is 0.0165. The lowest BCUT2D eigenvalue weighted by atomic mass is 10.2. The van der Waals surface area contributed by atoms with Crippen LogP contribution in [0.4, 0.5) is 4.79 Å². The number of rotatable bonds is 8. The number of carbonyl (C=O) groups is 3. The minimum absolute atomic E-state index is 0.00860. The zero-order valence-electron chi connectivity index (χ0n) is 11.4. The summed E-state index contributed by atoms with van der Waals surface area (Å²) in [6.45, 7) is 3.43. The third-order valence-electron chi connectivity index (χ3n) is 2.07. The fourth-order valence-electron chi connectivity index (χ4n) is 1.24. The fraction of sp³-hybridized carbons (Fsp3) is 0.727. The van der Waals surface area contributed by atoms with Gasteiger partial charge in [0.25, 0.3) is 0 Å². The van der Waals surface area contributed by atoms with Gasteiger partial charge < -0.3 is 21.1 Å². The highest BCUT2D eigenvalue weighted by Gasteiger charge is 2.19. The minimum atomic E-state index is -1.09. The quantitative estimate of drug-likeness (QED) is 0.504. The normalized spacial score (nSPS) is 11.8. The van der Waals surface area contributed by atoms with E-state index in [0.717, 1.165) is 0 Å². The third-order valence-corrected chi connectivity index (χ3v) is 2.72. The van der Waals surface area contributed by atoms with Crippen molar-refractivity contribution in [3.8, 4) is 0 Å². The van der Waals surface area contributed by atoms with Crippen molar-refractivity contribution in [2.75, 3.05) is 18.6 Å². The molecule has 0 unspecified atom stereocenters. The van der Waals surface area contributed by atoms with Crippen molar-refractivity contribution >= 4 is 29.7 Å². The molecule has 0 aromatic carbocycles. The molecular formula is C11H21N3O4S. The van der Waals surface area contributed by atoms with Crippen LogP contribution in [-0.4, -0.2) is 53.7 Å². The van der Waals surface area contributed by atoms with Gasteiger partial charge >= 0.3 is 12.0 Å². The molecule has 0 saturated heterocycles. The SMILES string of the molecule is CSCC[C@H](NC(=O)NCC(=O)NC(C)C)C(=O)O. The lowest BCUT2D eigenvalue weighted by Gasteiger charge is -2.15. The number of thioether (sulfide) groups is 1. The summed E-state index contributed by atoms with van der Waals surface area (Å²) in [6, 6.07) is -1.61. The second-order valence-electron chi connectivity index (χ2n) is 4.22. The molecule has 0 aromatic rings. The fourth-order valence-corrected chi connectivity index (χ4v) is 1.71. The summed E-state index contributed by atoms with van der Waals surface area (Å²) in [6.07, 6.45) is 2.19. The van der Waals surface area contributed by atoms with E-state index in [-0.39, 0.29) is 18.5 Å². The van der Waals surface area contributed by atoms with Crippen LogP contribution in [0.1, 0.15) is 20.3 Å². The first-order valence-electron chi connectivity index (χ1n) is 5.92. The highest BCUT2D eigenvalue weighted by Crippen LogP contribution is 2.00. The van der Waals surface area contributed by atoms with Gasteiger partial charge in [-0.1, -0.05) is 0 Å². The van der Waals surface area contributed by atoms with E-state index in [2.05, 4.69) is 16.0 Å². The maximum absolute atomic E-state index is 11.4. The van der Waals surface area contributed by atoms with Crippen molar-refractivity contribution in [3.63, 3.8) is 0 Å².